The molecule has 0 aromatic carbocycles. The van der Waals surface area contributed by atoms with Crippen molar-refractivity contribution in [2.24, 2.45) is 0 Å². The van der Waals surface area contributed by atoms with Crippen LogP contribution in [-0.2, 0) is 11.3 Å². The molecule has 18 heavy (non-hydrogen) atoms. The van der Waals surface area contributed by atoms with E-state index < -0.39 is 5.54 Å². The maximum atomic E-state index is 12.5. The molecule has 1 amide bonds. The molecule has 4 nitrogen and oxygen atoms in total. The van der Waals surface area contributed by atoms with Crippen LogP contribution in [0.4, 0.5) is 0 Å². The number of carbonyl (C=O) groups is 1. The van der Waals surface area contributed by atoms with Crippen LogP contribution in [-0.4, -0.2) is 33.9 Å². The van der Waals surface area contributed by atoms with E-state index in [0.717, 1.165) is 18.5 Å². The summed E-state index contributed by atoms with van der Waals surface area (Å²) in [6.45, 7) is 7.52. The van der Waals surface area contributed by atoms with E-state index in [1.807, 2.05) is 37.1 Å². The zero-order chi connectivity index (χ0) is 13.2. The van der Waals surface area contributed by atoms with Crippen LogP contribution >= 0.6 is 0 Å². The molecule has 4 heteroatoms. The Labute approximate surface area is 108 Å². The highest BCUT2D eigenvalue weighted by Crippen LogP contribution is 2.19. The zero-order valence-corrected chi connectivity index (χ0v) is 11.3. The van der Waals surface area contributed by atoms with Gasteiger partial charge in [0, 0.05) is 25.0 Å². The van der Waals surface area contributed by atoms with Gasteiger partial charge in [-0.1, -0.05) is 6.07 Å². The smallest absolute Gasteiger partial charge is 0.242 e. The first-order chi connectivity index (χ1) is 8.50. The van der Waals surface area contributed by atoms with Gasteiger partial charge in [-0.25, -0.2) is 0 Å². The topological polar surface area (TPSA) is 45.2 Å². The first kappa shape index (κ1) is 13.0. The summed E-state index contributed by atoms with van der Waals surface area (Å²) in [5.74, 6) is 0.163. The molecule has 1 saturated heterocycles. The Morgan fingerprint density at radius 2 is 2.33 bits per heavy atom. The van der Waals surface area contributed by atoms with Crippen LogP contribution in [0.5, 0.6) is 0 Å². The zero-order valence-electron chi connectivity index (χ0n) is 11.3. The number of nitrogens with one attached hydrogen (secondary N) is 1. The summed E-state index contributed by atoms with van der Waals surface area (Å²) in [4.78, 5) is 18.6. The third-order valence-corrected chi connectivity index (χ3v) is 3.53. The van der Waals surface area contributed by atoms with E-state index in [2.05, 4.69) is 17.2 Å². The Hall–Kier alpha value is -1.42. The Kier molecular flexibility index (Phi) is 3.66. The lowest BCUT2D eigenvalue weighted by Crippen LogP contribution is -2.52. The highest BCUT2D eigenvalue weighted by Gasteiger charge is 2.36. The van der Waals surface area contributed by atoms with Crippen LogP contribution in [0.1, 0.15) is 32.8 Å². The highest BCUT2D eigenvalue weighted by atomic mass is 16.2. The molecule has 1 aliphatic rings. The van der Waals surface area contributed by atoms with Crippen molar-refractivity contribution in [2.45, 2.75) is 45.3 Å². The van der Waals surface area contributed by atoms with Gasteiger partial charge in [0.1, 0.15) is 0 Å². The van der Waals surface area contributed by atoms with Crippen molar-refractivity contribution in [3.63, 3.8) is 0 Å². The van der Waals surface area contributed by atoms with Gasteiger partial charge in [-0.2, -0.15) is 0 Å². The van der Waals surface area contributed by atoms with Gasteiger partial charge in [0.2, 0.25) is 5.91 Å². The number of nitrogens with zero attached hydrogens (tertiary/aromatic N) is 2. The molecule has 0 spiro atoms. The van der Waals surface area contributed by atoms with Crippen LogP contribution in [0.2, 0.25) is 0 Å². The average Bonchev–Trinajstić information content (AvgIpc) is 2.43. The molecular formula is C14H21N3O. The van der Waals surface area contributed by atoms with Crippen molar-refractivity contribution in [3.8, 4) is 0 Å². The Morgan fingerprint density at radius 3 is 3.00 bits per heavy atom. The molecule has 1 unspecified atom stereocenters. The summed E-state index contributed by atoms with van der Waals surface area (Å²) >= 11 is 0. The van der Waals surface area contributed by atoms with Crippen LogP contribution in [0.3, 0.4) is 0 Å². The van der Waals surface area contributed by atoms with Gasteiger partial charge in [0.05, 0.1) is 5.54 Å². The molecule has 1 fully saturated rings. The van der Waals surface area contributed by atoms with Gasteiger partial charge >= 0.3 is 0 Å². The number of aromatic nitrogens is 1. The Morgan fingerprint density at radius 1 is 1.56 bits per heavy atom. The predicted octanol–water partition coefficient (Wildman–Crippen LogP) is 1.57. The maximum Gasteiger partial charge on any atom is 0.242 e. The second-order valence-electron chi connectivity index (χ2n) is 5.48. The maximum absolute atomic E-state index is 12.5. The predicted molar refractivity (Wildman–Crippen MR) is 70.9 cm³/mol. The van der Waals surface area contributed by atoms with E-state index in [0.29, 0.717) is 6.54 Å². The number of rotatable bonds is 2. The number of hydrogen-bond acceptors (Lipinski definition) is 3. The van der Waals surface area contributed by atoms with Gasteiger partial charge in [-0.15, -0.1) is 0 Å². The average molecular weight is 247 g/mol. The fraction of sp³-hybridized carbons (Fsp3) is 0.571. The molecule has 1 aliphatic heterocycles. The summed E-state index contributed by atoms with van der Waals surface area (Å²) in [7, 11) is 0. The standard InChI is InChI=1S/C14H21N3O/c1-11-6-8-16-14(2,3)13(18)17(11)10-12-5-4-7-15-9-12/h4-5,7,9,11,16H,6,8,10H2,1-3H3. The van der Waals surface area contributed by atoms with Gasteiger partial charge < -0.3 is 10.2 Å². The first-order valence-electron chi connectivity index (χ1n) is 6.46. The van der Waals surface area contributed by atoms with Gasteiger partial charge in [-0.05, 0) is 45.4 Å². The fourth-order valence-electron chi connectivity index (χ4n) is 2.30. The van der Waals surface area contributed by atoms with E-state index in [1.165, 1.54) is 0 Å². The summed E-state index contributed by atoms with van der Waals surface area (Å²) in [5, 5.41) is 3.31. The molecule has 2 heterocycles. The second kappa shape index (κ2) is 5.06. The molecular weight excluding hydrogens is 226 g/mol. The van der Waals surface area contributed by atoms with E-state index in [1.54, 1.807) is 6.20 Å². The number of hydrogen-bond donors (Lipinski definition) is 1. The summed E-state index contributed by atoms with van der Waals surface area (Å²) < 4.78 is 0. The molecule has 1 aromatic rings. The minimum atomic E-state index is -0.479. The van der Waals surface area contributed by atoms with E-state index in [9.17, 15) is 4.79 Å². The highest BCUT2D eigenvalue weighted by molar-refractivity contribution is 5.86. The second-order valence-corrected chi connectivity index (χ2v) is 5.48. The minimum Gasteiger partial charge on any atom is -0.334 e. The number of amides is 1. The summed E-state index contributed by atoms with van der Waals surface area (Å²) in [6.07, 6.45) is 4.56. The fourth-order valence-corrected chi connectivity index (χ4v) is 2.30. The molecule has 0 saturated carbocycles. The first-order valence-corrected chi connectivity index (χ1v) is 6.46. The Balaban J connectivity index is 2.20. The summed E-state index contributed by atoms with van der Waals surface area (Å²) in [5.41, 5.74) is 0.600. The third kappa shape index (κ3) is 2.70. The van der Waals surface area contributed by atoms with Gasteiger partial charge in [-0.3, -0.25) is 9.78 Å². The van der Waals surface area contributed by atoms with Crippen molar-refractivity contribution < 1.29 is 4.79 Å². The normalized spacial score (nSPS) is 23.8. The van der Waals surface area contributed by atoms with Crippen LogP contribution < -0.4 is 5.32 Å². The molecule has 1 aromatic heterocycles. The SMILES string of the molecule is CC1CCNC(C)(C)C(=O)N1Cc1cccnc1. The number of pyridine rings is 1. The largest absolute Gasteiger partial charge is 0.334 e. The molecule has 2 rings (SSSR count). The summed E-state index contributed by atoms with van der Waals surface area (Å²) in [6, 6.07) is 4.18. The molecule has 0 radical (unpaired) electrons. The third-order valence-electron chi connectivity index (χ3n) is 3.53. The van der Waals surface area contributed by atoms with Crippen molar-refractivity contribution in [1.82, 2.24) is 15.2 Å². The van der Waals surface area contributed by atoms with E-state index >= 15 is 0 Å². The molecule has 1 N–H and O–H groups in total. The van der Waals surface area contributed by atoms with E-state index in [-0.39, 0.29) is 11.9 Å². The van der Waals surface area contributed by atoms with Crippen molar-refractivity contribution in [1.29, 1.82) is 0 Å². The van der Waals surface area contributed by atoms with Crippen LogP contribution in [0.15, 0.2) is 24.5 Å². The molecule has 98 valence electrons. The van der Waals surface area contributed by atoms with Crippen LogP contribution in [0.25, 0.3) is 0 Å². The lowest BCUT2D eigenvalue weighted by molar-refractivity contribution is -0.138. The monoisotopic (exact) mass is 247 g/mol. The van der Waals surface area contributed by atoms with Gasteiger partial charge in [0.25, 0.3) is 0 Å². The lowest BCUT2D eigenvalue weighted by atomic mass is 10.0. The molecule has 1 atom stereocenters. The minimum absolute atomic E-state index is 0.163. The Bertz CT molecular complexity index is 416. The van der Waals surface area contributed by atoms with Gasteiger partial charge in [0.15, 0.2) is 0 Å². The van der Waals surface area contributed by atoms with Crippen molar-refractivity contribution >= 4 is 5.91 Å². The van der Waals surface area contributed by atoms with Crippen LogP contribution in [0, 0.1) is 0 Å². The lowest BCUT2D eigenvalue weighted by Gasteiger charge is -2.32. The number of carbonyl (C=O) groups excluding carboxylic acids is 1. The van der Waals surface area contributed by atoms with Crippen molar-refractivity contribution in [2.75, 3.05) is 6.54 Å². The quantitative estimate of drug-likeness (QED) is 0.863. The molecule has 0 bridgehead atoms. The van der Waals surface area contributed by atoms with Crippen molar-refractivity contribution in [3.05, 3.63) is 30.1 Å². The molecule has 0 aliphatic carbocycles. The van der Waals surface area contributed by atoms with E-state index in [4.69, 9.17) is 0 Å².